The summed E-state index contributed by atoms with van der Waals surface area (Å²) >= 11 is 0. The van der Waals surface area contributed by atoms with E-state index in [0.717, 1.165) is 18.4 Å². The summed E-state index contributed by atoms with van der Waals surface area (Å²) in [5.41, 5.74) is 0. The average molecular weight is 214 g/mol. The second-order valence-electron chi connectivity index (χ2n) is 5.15. The van der Waals surface area contributed by atoms with Crippen molar-refractivity contribution < 1.29 is 4.74 Å². The molecule has 1 nitrogen and oxygen atoms in total. The summed E-state index contributed by atoms with van der Waals surface area (Å²) in [5, 5.41) is 0. The first-order valence-corrected chi connectivity index (χ1v) is 6.69. The molecule has 0 aliphatic heterocycles. The van der Waals surface area contributed by atoms with E-state index in [-0.39, 0.29) is 0 Å². The Bertz CT molecular complexity index is 123. The first kappa shape index (κ1) is 15.0. The van der Waals surface area contributed by atoms with Crippen molar-refractivity contribution >= 4 is 0 Å². The molecule has 0 unspecified atom stereocenters. The number of ether oxygens (including phenoxy) is 1. The molecule has 1 saturated carbocycles. The Kier molecular flexibility index (Phi) is 9.18. The summed E-state index contributed by atoms with van der Waals surface area (Å²) in [7, 11) is 0. The van der Waals surface area contributed by atoms with Gasteiger partial charge in [0, 0.05) is 6.61 Å². The molecule has 92 valence electrons. The largest absolute Gasteiger partial charge is 0.379 e. The zero-order valence-corrected chi connectivity index (χ0v) is 11.4. The van der Waals surface area contributed by atoms with Crippen LogP contribution in [-0.2, 0) is 4.74 Å². The van der Waals surface area contributed by atoms with Gasteiger partial charge in [0.05, 0.1) is 6.10 Å². The van der Waals surface area contributed by atoms with E-state index < -0.39 is 0 Å². The standard InChI is InChI=1S/C9H18.C5H12O/c1-8(2)9-6-4-3-5-7-9;1-4-6-5(2)3/h8-9H,3-7H2,1-2H3;5H,4H2,1-3H3. The summed E-state index contributed by atoms with van der Waals surface area (Å²) in [6.45, 7) is 11.6. The van der Waals surface area contributed by atoms with Crippen molar-refractivity contribution in [2.24, 2.45) is 11.8 Å². The molecule has 1 aliphatic carbocycles. The Hall–Kier alpha value is -0.0400. The first-order valence-electron chi connectivity index (χ1n) is 6.69. The summed E-state index contributed by atoms with van der Waals surface area (Å²) in [6, 6.07) is 0. The molecule has 0 bridgehead atoms. The van der Waals surface area contributed by atoms with Gasteiger partial charge in [0.2, 0.25) is 0 Å². The fourth-order valence-electron chi connectivity index (χ4n) is 2.13. The van der Waals surface area contributed by atoms with E-state index in [1.807, 2.05) is 20.8 Å². The second-order valence-corrected chi connectivity index (χ2v) is 5.15. The van der Waals surface area contributed by atoms with Crippen LogP contribution in [0.1, 0.15) is 66.7 Å². The molecular formula is C14H30O. The highest BCUT2D eigenvalue weighted by atomic mass is 16.5. The Balaban J connectivity index is 0.000000288. The van der Waals surface area contributed by atoms with Gasteiger partial charge in [-0.3, -0.25) is 0 Å². The number of rotatable bonds is 3. The predicted molar refractivity (Wildman–Crippen MR) is 68.2 cm³/mol. The van der Waals surface area contributed by atoms with Crippen molar-refractivity contribution in [3.8, 4) is 0 Å². The van der Waals surface area contributed by atoms with Crippen molar-refractivity contribution in [2.75, 3.05) is 6.61 Å². The minimum absolute atomic E-state index is 0.398. The fraction of sp³-hybridized carbons (Fsp3) is 1.00. The molecule has 0 radical (unpaired) electrons. The minimum Gasteiger partial charge on any atom is -0.379 e. The predicted octanol–water partition coefficient (Wildman–Crippen LogP) is 4.65. The quantitative estimate of drug-likeness (QED) is 0.664. The molecule has 0 N–H and O–H groups in total. The monoisotopic (exact) mass is 214 g/mol. The van der Waals surface area contributed by atoms with E-state index in [1.165, 1.54) is 32.1 Å². The van der Waals surface area contributed by atoms with Crippen LogP contribution in [-0.4, -0.2) is 12.7 Å². The topological polar surface area (TPSA) is 9.23 Å². The van der Waals surface area contributed by atoms with Crippen LogP contribution in [0, 0.1) is 11.8 Å². The lowest BCUT2D eigenvalue weighted by atomic mass is 9.82. The number of hydrogen-bond acceptors (Lipinski definition) is 1. The van der Waals surface area contributed by atoms with Crippen molar-refractivity contribution in [2.45, 2.75) is 72.8 Å². The smallest absolute Gasteiger partial charge is 0.0518 e. The van der Waals surface area contributed by atoms with Gasteiger partial charge >= 0.3 is 0 Å². The van der Waals surface area contributed by atoms with E-state index in [4.69, 9.17) is 4.74 Å². The van der Waals surface area contributed by atoms with Crippen LogP contribution in [0.2, 0.25) is 0 Å². The third kappa shape index (κ3) is 8.92. The molecule has 1 fully saturated rings. The second kappa shape index (κ2) is 9.21. The molecule has 1 heteroatoms. The minimum atomic E-state index is 0.398. The highest BCUT2D eigenvalue weighted by molar-refractivity contribution is 4.67. The van der Waals surface area contributed by atoms with Gasteiger partial charge in [-0.1, -0.05) is 46.0 Å². The van der Waals surface area contributed by atoms with Gasteiger partial charge in [0.25, 0.3) is 0 Å². The maximum Gasteiger partial charge on any atom is 0.0518 e. The molecule has 0 spiro atoms. The molecule has 1 rings (SSSR count). The molecule has 15 heavy (non-hydrogen) atoms. The van der Waals surface area contributed by atoms with Crippen molar-refractivity contribution in [1.82, 2.24) is 0 Å². The third-order valence-corrected chi connectivity index (χ3v) is 3.09. The lowest BCUT2D eigenvalue weighted by Crippen LogP contribution is -2.12. The highest BCUT2D eigenvalue weighted by Gasteiger charge is 2.15. The zero-order chi connectivity index (χ0) is 11.7. The SMILES string of the molecule is CC(C)C1CCCCC1.CCOC(C)C. The van der Waals surface area contributed by atoms with E-state index in [1.54, 1.807) is 0 Å². The first-order chi connectivity index (χ1) is 7.07. The summed E-state index contributed by atoms with van der Waals surface area (Å²) < 4.78 is 5.04. The van der Waals surface area contributed by atoms with E-state index >= 15 is 0 Å². The summed E-state index contributed by atoms with van der Waals surface area (Å²) in [4.78, 5) is 0. The van der Waals surface area contributed by atoms with Crippen LogP contribution >= 0.6 is 0 Å². The fourth-order valence-corrected chi connectivity index (χ4v) is 2.13. The normalized spacial score (nSPS) is 17.8. The molecule has 0 atom stereocenters. The van der Waals surface area contributed by atoms with Crippen molar-refractivity contribution in [1.29, 1.82) is 0 Å². The number of hydrogen-bond donors (Lipinski definition) is 0. The Morgan fingerprint density at radius 1 is 1.00 bits per heavy atom. The highest BCUT2D eigenvalue weighted by Crippen LogP contribution is 2.29. The molecule has 0 amide bonds. The maximum atomic E-state index is 5.04. The van der Waals surface area contributed by atoms with Crippen LogP contribution in [0.4, 0.5) is 0 Å². The molecule has 0 aromatic carbocycles. The molecule has 1 aliphatic rings. The van der Waals surface area contributed by atoms with Gasteiger partial charge < -0.3 is 4.74 Å². The molecule has 0 aromatic rings. The average Bonchev–Trinajstić information content (AvgIpc) is 2.20. The summed E-state index contributed by atoms with van der Waals surface area (Å²) in [5.74, 6) is 1.99. The summed E-state index contributed by atoms with van der Waals surface area (Å²) in [6.07, 6.45) is 7.86. The van der Waals surface area contributed by atoms with Crippen LogP contribution in [0.5, 0.6) is 0 Å². The lowest BCUT2D eigenvalue weighted by molar-refractivity contribution is 0.0899. The van der Waals surface area contributed by atoms with Crippen LogP contribution in [0.15, 0.2) is 0 Å². The Morgan fingerprint density at radius 3 is 1.73 bits per heavy atom. The van der Waals surface area contributed by atoms with Crippen LogP contribution in [0.3, 0.4) is 0 Å². The van der Waals surface area contributed by atoms with Crippen molar-refractivity contribution in [3.63, 3.8) is 0 Å². The van der Waals surface area contributed by atoms with Gasteiger partial charge in [0.1, 0.15) is 0 Å². The molecule has 0 aromatic heterocycles. The zero-order valence-electron chi connectivity index (χ0n) is 11.4. The van der Waals surface area contributed by atoms with Gasteiger partial charge in [0.15, 0.2) is 0 Å². The van der Waals surface area contributed by atoms with E-state index in [9.17, 15) is 0 Å². The van der Waals surface area contributed by atoms with E-state index in [2.05, 4.69) is 13.8 Å². The van der Waals surface area contributed by atoms with Crippen molar-refractivity contribution in [3.05, 3.63) is 0 Å². The van der Waals surface area contributed by atoms with Gasteiger partial charge in [-0.05, 0) is 32.6 Å². The van der Waals surface area contributed by atoms with Gasteiger partial charge in [-0.15, -0.1) is 0 Å². The lowest BCUT2D eigenvalue weighted by Gasteiger charge is -2.24. The molecular weight excluding hydrogens is 184 g/mol. The Morgan fingerprint density at radius 2 is 1.53 bits per heavy atom. The molecule has 0 heterocycles. The van der Waals surface area contributed by atoms with Gasteiger partial charge in [-0.2, -0.15) is 0 Å². The maximum absolute atomic E-state index is 5.04. The van der Waals surface area contributed by atoms with E-state index in [0.29, 0.717) is 6.10 Å². The third-order valence-electron chi connectivity index (χ3n) is 3.09. The van der Waals surface area contributed by atoms with Crippen LogP contribution < -0.4 is 0 Å². The Labute approximate surface area is 96.6 Å². The van der Waals surface area contributed by atoms with Gasteiger partial charge in [-0.25, -0.2) is 0 Å². The van der Waals surface area contributed by atoms with Crippen LogP contribution in [0.25, 0.3) is 0 Å². The molecule has 0 saturated heterocycles.